The summed E-state index contributed by atoms with van der Waals surface area (Å²) in [6, 6.07) is 5.29. The fraction of sp³-hybridized carbons (Fsp3) is 0.444. The lowest BCUT2D eigenvalue weighted by Crippen LogP contribution is -2.14. The van der Waals surface area contributed by atoms with Crippen LogP contribution >= 0.6 is 18.9 Å². The van der Waals surface area contributed by atoms with Crippen LogP contribution in [0.2, 0.25) is 0 Å². The molecule has 0 saturated carbocycles. The van der Waals surface area contributed by atoms with E-state index in [4.69, 9.17) is 18.5 Å². The molecule has 154 valence electrons. The second kappa shape index (κ2) is 10.6. The average molecular weight is 428 g/mol. The molecule has 0 atom stereocenters. The zero-order valence-electron chi connectivity index (χ0n) is 16.4. The molecule has 0 aliphatic carbocycles. The van der Waals surface area contributed by atoms with Gasteiger partial charge in [-0.15, -0.1) is 11.3 Å². The molecular weight excluding hydrogens is 403 g/mol. The minimum Gasteiger partial charge on any atom is -0.497 e. The number of aromatic nitrogens is 1. The van der Waals surface area contributed by atoms with Gasteiger partial charge in [-0.05, 0) is 31.5 Å². The number of nitrogens with zero attached hydrogens (tertiary/aromatic N) is 1. The zero-order chi connectivity index (χ0) is 20.6. The summed E-state index contributed by atoms with van der Waals surface area (Å²) >= 11 is 1.26. The molecule has 2 rings (SSSR count). The molecule has 1 N–H and O–H groups in total. The summed E-state index contributed by atoms with van der Waals surface area (Å²) in [7, 11) is -0.122. The van der Waals surface area contributed by atoms with E-state index in [-0.39, 0.29) is 31.7 Å². The number of rotatable bonds is 11. The summed E-state index contributed by atoms with van der Waals surface area (Å²) in [5, 5.41) is 4.91. The van der Waals surface area contributed by atoms with Crippen molar-refractivity contribution in [1.29, 1.82) is 0 Å². The first-order valence-electron chi connectivity index (χ1n) is 8.75. The van der Waals surface area contributed by atoms with Gasteiger partial charge in [-0.25, -0.2) is 4.98 Å². The van der Waals surface area contributed by atoms with Crippen molar-refractivity contribution in [3.05, 3.63) is 34.8 Å². The van der Waals surface area contributed by atoms with E-state index in [1.807, 2.05) is 0 Å². The molecule has 0 fully saturated rings. The highest BCUT2D eigenvalue weighted by Gasteiger charge is 2.25. The maximum atomic E-state index is 12.6. The van der Waals surface area contributed by atoms with E-state index in [0.29, 0.717) is 22.3 Å². The molecule has 0 unspecified atom stereocenters. The summed E-state index contributed by atoms with van der Waals surface area (Å²) < 4.78 is 33.6. The maximum absolute atomic E-state index is 12.6. The normalized spacial score (nSPS) is 11.3. The predicted molar refractivity (Wildman–Crippen MR) is 109 cm³/mol. The van der Waals surface area contributed by atoms with E-state index in [1.54, 1.807) is 51.6 Å². The molecule has 1 amide bonds. The summed E-state index contributed by atoms with van der Waals surface area (Å²) in [5.74, 6) is 0.997. The maximum Gasteiger partial charge on any atom is 0.336 e. The molecule has 8 nitrogen and oxygen atoms in total. The molecule has 0 spiro atoms. The van der Waals surface area contributed by atoms with Crippen LogP contribution in [0.3, 0.4) is 0 Å². The van der Waals surface area contributed by atoms with Crippen molar-refractivity contribution in [3.8, 4) is 11.5 Å². The lowest BCUT2D eigenvalue weighted by molar-refractivity contribution is -0.115. The van der Waals surface area contributed by atoms with E-state index < -0.39 is 7.60 Å². The van der Waals surface area contributed by atoms with Gasteiger partial charge in [0.2, 0.25) is 5.91 Å². The number of carbonyl (C=O) groups is 1. The molecule has 1 heterocycles. The van der Waals surface area contributed by atoms with E-state index in [2.05, 4.69) is 10.3 Å². The van der Waals surface area contributed by atoms with Gasteiger partial charge in [-0.3, -0.25) is 9.36 Å². The molecule has 0 saturated heterocycles. The molecule has 28 heavy (non-hydrogen) atoms. The number of anilines is 1. The van der Waals surface area contributed by atoms with Crippen molar-refractivity contribution in [1.82, 2.24) is 4.98 Å². The summed E-state index contributed by atoms with van der Waals surface area (Å²) in [5.41, 5.74) is 1.30. The zero-order valence-corrected chi connectivity index (χ0v) is 18.1. The molecule has 0 aliphatic heterocycles. The first-order chi connectivity index (χ1) is 13.4. The van der Waals surface area contributed by atoms with Gasteiger partial charge in [0.15, 0.2) is 5.13 Å². The minimum atomic E-state index is -3.23. The van der Waals surface area contributed by atoms with Gasteiger partial charge in [-0.2, -0.15) is 0 Å². The number of benzene rings is 1. The topological polar surface area (TPSA) is 96.0 Å². The molecule has 10 heteroatoms. The summed E-state index contributed by atoms with van der Waals surface area (Å²) in [6.07, 6.45) is 0.201. The fourth-order valence-corrected chi connectivity index (χ4v) is 4.93. The Balaban J connectivity index is 2.01. The Labute approximate surface area is 168 Å². The van der Waals surface area contributed by atoms with Gasteiger partial charge in [0.05, 0.1) is 45.7 Å². The number of thiazole rings is 1. The second-order valence-electron chi connectivity index (χ2n) is 5.69. The fourth-order valence-electron chi connectivity index (χ4n) is 2.47. The van der Waals surface area contributed by atoms with Gasteiger partial charge in [-0.1, -0.05) is 0 Å². The van der Waals surface area contributed by atoms with E-state index >= 15 is 0 Å². The van der Waals surface area contributed by atoms with E-state index in [1.165, 1.54) is 11.3 Å². The highest BCUT2D eigenvalue weighted by atomic mass is 32.1. The van der Waals surface area contributed by atoms with E-state index in [9.17, 15) is 9.36 Å². The smallest absolute Gasteiger partial charge is 0.336 e. The van der Waals surface area contributed by atoms with Crippen LogP contribution in [0.25, 0.3) is 0 Å². The number of ether oxygens (including phenoxy) is 2. The standard InChI is InChI=1S/C18H25N2O6PS/c1-5-25-27(22,26-6-2)11-14-12-28-18(19-14)20-17(21)9-13-7-15(23-3)10-16(8-13)24-4/h7-8,10,12H,5-6,9,11H2,1-4H3,(H,19,20,21). The Morgan fingerprint density at radius 2 is 1.71 bits per heavy atom. The van der Waals surface area contributed by atoms with Gasteiger partial charge in [0, 0.05) is 11.4 Å². The number of carbonyl (C=O) groups excluding carboxylic acids is 1. The van der Waals surface area contributed by atoms with Crippen molar-refractivity contribution in [2.24, 2.45) is 0 Å². The van der Waals surface area contributed by atoms with E-state index in [0.717, 1.165) is 5.56 Å². The van der Waals surface area contributed by atoms with Crippen LogP contribution < -0.4 is 14.8 Å². The highest BCUT2D eigenvalue weighted by Crippen LogP contribution is 2.51. The van der Waals surface area contributed by atoms with Crippen LogP contribution in [0.15, 0.2) is 23.6 Å². The van der Waals surface area contributed by atoms with Crippen LogP contribution in [-0.4, -0.2) is 38.3 Å². The van der Waals surface area contributed by atoms with Crippen LogP contribution in [0.1, 0.15) is 25.1 Å². The van der Waals surface area contributed by atoms with Crippen molar-refractivity contribution in [2.45, 2.75) is 26.4 Å². The third kappa shape index (κ3) is 6.60. The van der Waals surface area contributed by atoms with Crippen molar-refractivity contribution in [3.63, 3.8) is 0 Å². The van der Waals surface area contributed by atoms with Gasteiger partial charge in [0.25, 0.3) is 0 Å². The van der Waals surface area contributed by atoms with Gasteiger partial charge >= 0.3 is 7.60 Å². The Kier molecular flexibility index (Phi) is 8.44. The van der Waals surface area contributed by atoms with Crippen molar-refractivity contribution in [2.75, 3.05) is 32.8 Å². The molecule has 1 aromatic heterocycles. The number of hydrogen-bond donors (Lipinski definition) is 1. The number of amides is 1. The molecule has 0 aliphatic rings. The molecule has 1 aromatic carbocycles. The Morgan fingerprint density at radius 3 is 2.25 bits per heavy atom. The van der Waals surface area contributed by atoms with Crippen LogP contribution in [0.5, 0.6) is 11.5 Å². The molecule has 0 radical (unpaired) electrons. The number of nitrogens with one attached hydrogen (secondary N) is 1. The lowest BCUT2D eigenvalue weighted by Gasteiger charge is -2.15. The first kappa shape index (κ1) is 22.4. The molecule has 0 bridgehead atoms. The van der Waals surface area contributed by atoms with Gasteiger partial charge in [0.1, 0.15) is 11.5 Å². The highest BCUT2D eigenvalue weighted by molar-refractivity contribution is 7.53. The van der Waals surface area contributed by atoms with Crippen molar-refractivity contribution < 1.29 is 27.9 Å². The van der Waals surface area contributed by atoms with Crippen LogP contribution in [0.4, 0.5) is 5.13 Å². The largest absolute Gasteiger partial charge is 0.497 e. The SMILES string of the molecule is CCOP(=O)(Cc1csc(NC(=O)Cc2cc(OC)cc(OC)c2)n1)OCC. The third-order valence-electron chi connectivity index (χ3n) is 3.58. The lowest BCUT2D eigenvalue weighted by atomic mass is 10.1. The summed E-state index contributed by atoms with van der Waals surface area (Å²) in [4.78, 5) is 16.7. The predicted octanol–water partition coefficient (Wildman–Crippen LogP) is 4.11. The van der Waals surface area contributed by atoms with Crippen LogP contribution in [-0.2, 0) is 31.0 Å². The number of methoxy groups -OCH3 is 2. The molecule has 2 aromatic rings. The first-order valence-corrected chi connectivity index (χ1v) is 11.4. The monoisotopic (exact) mass is 428 g/mol. The van der Waals surface area contributed by atoms with Crippen LogP contribution in [0, 0.1) is 0 Å². The Morgan fingerprint density at radius 1 is 1.11 bits per heavy atom. The third-order valence-corrected chi connectivity index (χ3v) is 6.40. The summed E-state index contributed by atoms with van der Waals surface area (Å²) in [6.45, 7) is 4.09. The van der Waals surface area contributed by atoms with Gasteiger partial charge < -0.3 is 23.8 Å². The van der Waals surface area contributed by atoms with Crippen molar-refractivity contribution >= 4 is 30.0 Å². The molecular formula is C18H25N2O6PS. The Bertz CT molecular complexity index is 809. The average Bonchev–Trinajstić information content (AvgIpc) is 3.07. The Hall–Kier alpha value is -1.93. The second-order valence-corrected chi connectivity index (χ2v) is 8.61. The minimum absolute atomic E-state index is 0.0636. The number of hydrogen-bond acceptors (Lipinski definition) is 8. The quantitative estimate of drug-likeness (QED) is 0.538.